The van der Waals surface area contributed by atoms with Crippen molar-refractivity contribution in [1.82, 2.24) is 0 Å². The van der Waals surface area contributed by atoms with Crippen LogP contribution in [0.5, 0.6) is 0 Å². The first-order valence-electron chi connectivity index (χ1n) is 12.6. The van der Waals surface area contributed by atoms with Gasteiger partial charge < -0.3 is 9.47 Å². The van der Waals surface area contributed by atoms with Crippen LogP contribution in [0.4, 0.5) is 17.1 Å². The van der Waals surface area contributed by atoms with Crippen LogP contribution in [-0.4, -0.2) is 40.5 Å². The van der Waals surface area contributed by atoms with Crippen molar-refractivity contribution in [3.63, 3.8) is 0 Å². The molecule has 3 aromatic rings. The summed E-state index contributed by atoms with van der Waals surface area (Å²) in [5.74, 6) is -2.70. The molecule has 3 fully saturated rings. The van der Waals surface area contributed by atoms with Gasteiger partial charge >= 0.3 is 5.97 Å². The second-order valence-electron chi connectivity index (χ2n) is 10.4. The topological polar surface area (TPSA) is 120 Å². The molecule has 4 atom stereocenters. The van der Waals surface area contributed by atoms with Gasteiger partial charge in [0.05, 0.1) is 52.4 Å². The summed E-state index contributed by atoms with van der Waals surface area (Å²) in [5.41, 5.74) is -0.844. The molecule has 0 aliphatic carbocycles. The molecule has 0 N–H and O–H groups in total. The molecule has 2 bridgehead atoms. The van der Waals surface area contributed by atoms with Crippen LogP contribution in [0.3, 0.4) is 0 Å². The zero-order valence-corrected chi connectivity index (χ0v) is 21.0. The molecule has 3 saturated heterocycles. The number of ether oxygens (including phenoxy) is 2. The van der Waals surface area contributed by atoms with E-state index in [-0.39, 0.29) is 36.1 Å². The maximum atomic E-state index is 13.9. The first kappa shape index (κ1) is 24.7. The van der Waals surface area contributed by atoms with Gasteiger partial charge in [-0.1, -0.05) is 30.3 Å². The van der Waals surface area contributed by atoms with E-state index in [1.165, 1.54) is 29.2 Å². The van der Waals surface area contributed by atoms with Crippen LogP contribution >= 0.6 is 0 Å². The van der Waals surface area contributed by atoms with Gasteiger partial charge in [0.1, 0.15) is 0 Å². The van der Waals surface area contributed by atoms with E-state index >= 15 is 0 Å². The summed E-state index contributed by atoms with van der Waals surface area (Å²) in [5, 5.41) is 12.2. The van der Waals surface area contributed by atoms with Crippen LogP contribution in [-0.2, 0) is 19.1 Å². The zero-order chi connectivity index (χ0) is 27.5. The molecule has 196 valence electrons. The Morgan fingerprint density at radius 3 is 2.46 bits per heavy atom. The molecule has 0 saturated carbocycles. The maximum Gasteiger partial charge on any atom is 0.338 e. The number of esters is 1. The SMILES string of the molecule is [C-]#[N+]c1ccc(N2C(=O)[C@@H]3[C@H](C2=O)C2(C)CCC3(CCOC(=O)c3ccc([N+](=O)[O-])cc3)O2)c2ccccc12. The van der Waals surface area contributed by atoms with Gasteiger partial charge in [-0.25, -0.2) is 14.5 Å². The Morgan fingerprint density at radius 2 is 1.77 bits per heavy atom. The summed E-state index contributed by atoms with van der Waals surface area (Å²) in [4.78, 5) is 55.4. The van der Waals surface area contributed by atoms with E-state index in [0.29, 0.717) is 35.0 Å². The zero-order valence-electron chi connectivity index (χ0n) is 21.0. The molecule has 3 aliphatic heterocycles. The molecular formula is C29H23N3O7. The number of hydrogen-bond acceptors (Lipinski definition) is 7. The number of amides is 2. The number of anilines is 1. The number of nitrogens with zero attached hydrogens (tertiary/aromatic N) is 3. The van der Waals surface area contributed by atoms with Crippen molar-refractivity contribution < 1.29 is 28.8 Å². The van der Waals surface area contributed by atoms with Crippen molar-refractivity contribution in [3.8, 4) is 0 Å². The number of nitro groups is 1. The van der Waals surface area contributed by atoms with Gasteiger partial charge in [-0.3, -0.25) is 19.7 Å². The quantitative estimate of drug-likeness (QED) is 0.146. The molecule has 0 radical (unpaired) electrons. The van der Waals surface area contributed by atoms with Crippen LogP contribution in [0.2, 0.25) is 0 Å². The van der Waals surface area contributed by atoms with Crippen molar-refractivity contribution in [3.05, 3.63) is 87.8 Å². The van der Waals surface area contributed by atoms with Crippen LogP contribution in [0.1, 0.15) is 36.5 Å². The minimum atomic E-state index is -0.955. The summed E-state index contributed by atoms with van der Waals surface area (Å²) >= 11 is 0. The lowest BCUT2D eigenvalue weighted by atomic mass is 9.67. The molecule has 10 nitrogen and oxygen atoms in total. The Morgan fingerprint density at radius 1 is 1.08 bits per heavy atom. The van der Waals surface area contributed by atoms with Gasteiger partial charge in [0.25, 0.3) is 5.69 Å². The van der Waals surface area contributed by atoms with Crippen molar-refractivity contribution in [1.29, 1.82) is 0 Å². The minimum absolute atomic E-state index is 0.0424. The molecule has 3 aromatic carbocycles. The van der Waals surface area contributed by atoms with Gasteiger partial charge in [0.2, 0.25) is 11.8 Å². The maximum absolute atomic E-state index is 13.9. The highest BCUT2D eigenvalue weighted by Gasteiger charge is 2.73. The number of hydrogen-bond donors (Lipinski definition) is 0. The fourth-order valence-electron chi connectivity index (χ4n) is 6.53. The van der Waals surface area contributed by atoms with E-state index in [4.69, 9.17) is 16.0 Å². The Hall–Kier alpha value is -4.62. The van der Waals surface area contributed by atoms with Crippen LogP contribution < -0.4 is 4.90 Å². The normalized spacial score (nSPS) is 27.0. The summed E-state index contributed by atoms with van der Waals surface area (Å²) in [6.45, 7) is 9.29. The van der Waals surface area contributed by atoms with E-state index < -0.39 is 33.9 Å². The van der Waals surface area contributed by atoms with E-state index in [0.717, 1.165) is 0 Å². The van der Waals surface area contributed by atoms with E-state index in [1.807, 2.05) is 13.0 Å². The number of carbonyl (C=O) groups is 3. The lowest BCUT2D eigenvalue weighted by Gasteiger charge is -2.31. The monoisotopic (exact) mass is 525 g/mol. The molecule has 2 unspecified atom stereocenters. The first-order chi connectivity index (χ1) is 18.7. The summed E-state index contributed by atoms with van der Waals surface area (Å²) in [6.07, 6.45) is 1.37. The van der Waals surface area contributed by atoms with Crippen molar-refractivity contribution in [2.24, 2.45) is 11.8 Å². The highest BCUT2D eigenvalue weighted by atomic mass is 16.6. The minimum Gasteiger partial charge on any atom is -0.462 e. The standard InChI is InChI=1S/C29H23N3O7/c1-28-13-14-29(39-28,15-16-38-27(35)17-7-9-18(10-8-17)32(36)37)24-23(28)25(33)31(26(24)34)22-12-11-21(30-2)19-5-3-4-6-20(19)22/h3-12,23-24H,13-16H2,1H3/t23-,24+,28?,29?/m1/s1. The Balaban J connectivity index is 1.26. The van der Waals surface area contributed by atoms with Crippen molar-refractivity contribution in [2.75, 3.05) is 11.5 Å². The van der Waals surface area contributed by atoms with Crippen molar-refractivity contribution in [2.45, 2.75) is 37.4 Å². The molecule has 10 heteroatoms. The largest absolute Gasteiger partial charge is 0.462 e. The molecule has 2 amide bonds. The van der Waals surface area contributed by atoms with Crippen molar-refractivity contribution >= 4 is 45.6 Å². The Kier molecular flexibility index (Phi) is 5.52. The second-order valence-corrected chi connectivity index (χ2v) is 10.4. The van der Waals surface area contributed by atoms with Gasteiger partial charge in [-0.15, -0.1) is 0 Å². The third-order valence-corrected chi connectivity index (χ3v) is 8.32. The number of rotatable bonds is 6. The molecule has 6 rings (SSSR count). The van der Waals surface area contributed by atoms with Gasteiger partial charge in [-0.05, 0) is 48.7 Å². The van der Waals surface area contributed by atoms with Gasteiger partial charge in [0.15, 0.2) is 5.69 Å². The number of imide groups is 1. The molecular weight excluding hydrogens is 502 g/mol. The van der Waals surface area contributed by atoms with E-state index in [9.17, 15) is 24.5 Å². The third-order valence-electron chi connectivity index (χ3n) is 8.32. The average molecular weight is 526 g/mol. The van der Waals surface area contributed by atoms with E-state index in [2.05, 4.69) is 4.85 Å². The Bertz CT molecular complexity index is 1610. The number of carbonyl (C=O) groups excluding carboxylic acids is 3. The summed E-state index contributed by atoms with van der Waals surface area (Å²) in [6, 6.07) is 15.6. The molecule has 3 heterocycles. The number of nitro benzene ring substituents is 1. The lowest BCUT2D eigenvalue weighted by Crippen LogP contribution is -2.43. The highest BCUT2D eigenvalue weighted by Crippen LogP contribution is 2.62. The summed E-state index contributed by atoms with van der Waals surface area (Å²) in [7, 11) is 0. The fraction of sp³-hybridized carbons (Fsp3) is 0.310. The molecule has 3 aliphatic rings. The van der Waals surface area contributed by atoms with E-state index in [1.54, 1.807) is 30.3 Å². The number of benzene rings is 3. The highest BCUT2D eigenvalue weighted by molar-refractivity contribution is 6.26. The molecule has 0 spiro atoms. The summed E-state index contributed by atoms with van der Waals surface area (Å²) < 4.78 is 11.9. The van der Waals surface area contributed by atoms with Crippen LogP contribution in [0, 0.1) is 28.5 Å². The van der Waals surface area contributed by atoms with Crippen LogP contribution in [0.25, 0.3) is 15.6 Å². The second kappa shape index (κ2) is 8.71. The van der Waals surface area contributed by atoms with Gasteiger partial charge in [-0.2, -0.15) is 0 Å². The predicted octanol–water partition coefficient (Wildman–Crippen LogP) is 4.97. The van der Waals surface area contributed by atoms with Gasteiger partial charge in [0, 0.05) is 18.6 Å². The average Bonchev–Trinajstić information content (AvgIpc) is 3.52. The molecule has 0 aromatic heterocycles. The predicted molar refractivity (Wildman–Crippen MR) is 139 cm³/mol. The van der Waals surface area contributed by atoms with Crippen LogP contribution in [0.15, 0.2) is 60.7 Å². The first-order valence-corrected chi connectivity index (χ1v) is 12.6. The third kappa shape index (κ3) is 3.61. The molecule has 39 heavy (non-hydrogen) atoms. The number of fused-ring (bicyclic) bond motifs is 6. The fourth-order valence-corrected chi connectivity index (χ4v) is 6.53. The lowest BCUT2D eigenvalue weighted by molar-refractivity contribution is -0.384. The smallest absolute Gasteiger partial charge is 0.338 e. The number of non-ortho nitro benzene ring substituents is 1. The Labute approximate surface area is 223 Å².